The molecule has 2 N–H and O–H groups in total. The first-order valence-electron chi connectivity index (χ1n) is 6.94. The van der Waals surface area contributed by atoms with Crippen LogP contribution in [0.4, 0.5) is 11.5 Å². The highest BCUT2D eigenvalue weighted by molar-refractivity contribution is 7.99. The number of rotatable bonds is 6. The average molecular weight is 301 g/mol. The SMILES string of the molecule is CCCNc1cccc(Sc2ccc(NC(C)=O)cc2)n1. The molecule has 0 spiro atoms. The molecule has 2 rings (SSSR count). The van der Waals surface area contributed by atoms with Crippen molar-refractivity contribution in [1.82, 2.24) is 4.98 Å². The van der Waals surface area contributed by atoms with E-state index in [0.717, 1.165) is 34.4 Å². The number of nitrogens with zero attached hydrogens (tertiary/aromatic N) is 1. The Morgan fingerprint density at radius 3 is 2.62 bits per heavy atom. The zero-order valence-electron chi connectivity index (χ0n) is 12.2. The Morgan fingerprint density at radius 1 is 1.19 bits per heavy atom. The van der Waals surface area contributed by atoms with Crippen LogP contribution in [-0.2, 0) is 4.79 Å². The van der Waals surface area contributed by atoms with E-state index in [1.807, 2.05) is 42.5 Å². The van der Waals surface area contributed by atoms with Crippen LogP contribution in [0.1, 0.15) is 20.3 Å². The molecule has 5 heteroatoms. The lowest BCUT2D eigenvalue weighted by molar-refractivity contribution is -0.114. The first-order valence-corrected chi connectivity index (χ1v) is 7.75. The molecule has 0 saturated carbocycles. The monoisotopic (exact) mass is 301 g/mol. The number of carbonyl (C=O) groups is 1. The average Bonchev–Trinajstić information content (AvgIpc) is 2.47. The van der Waals surface area contributed by atoms with Gasteiger partial charge in [-0.1, -0.05) is 24.8 Å². The number of pyridine rings is 1. The summed E-state index contributed by atoms with van der Waals surface area (Å²) < 4.78 is 0. The van der Waals surface area contributed by atoms with E-state index in [-0.39, 0.29) is 5.91 Å². The third-order valence-corrected chi connectivity index (χ3v) is 3.62. The van der Waals surface area contributed by atoms with E-state index >= 15 is 0 Å². The van der Waals surface area contributed by atoms with Gasteiger partial charge in [-0.25, -0.2) is 4.98 Å². The summed E-state index contributed by atoms with van der Waals surface area (Å²) in [7, 11) is 0. The second-order valence-electron chi connectivity index (χ2n) is 4.60. The molecular formula is C16H19N3OS. The Balaban J connectivity index is 2.02. The molecule has 0 unspecified atom stereocenters. The lowest BCUT2D eigenvalue weighted by Crippen LogP contribution is -2.05. The summed E-state index contributed by atoms with van der Waals surface area (Å²) in [6.45, 7) is 4.55. The smallest absolute Gasteiger partial charge is 0.221 e. The summed E-state index contributed by atoms with van der Waals surface area (Å²) in [6, 6.07) is 13.7. The number of hydrogen-bond donors (Lipinski definition) is 2. The number of nitrogens with one attached hydrogen (secondary N) is 2. The molecule has 0 bridgehead atoms. The van der Waals surface area contributed by atoms with Crippen molar-refractivity contribution in [2.24, 2.45) is 0 Å². The van der Waals surface area contributed by atoms with Gasteiger partial charge in [-0.2, -0.15) is 0 Å². The predicted molar refractivity (Wildman–Crippen MR) is 87.9 cm³/mol. The Kier molecular flexibility index (Phi) is 5.63. The molecule has 0 saturated heterocycles. The maximum atomic E-state index is 11.0. The van der Waals surface area contributed by atoms with Crippen LogP contribution in [0.15, 0.2) is 52.4 Å². The van der Waals surface area contributed by atoms with Gasteiger partial charge in [0.15, 0.2) is 0 Å². The Hall–Kier alpha value is -2.01. The van der Waals surface area contributed by atoms with Crippen LogP contribution < -0.4 is 10.6 Å². The minimum atomic E-state index is -0.0632. The first-order chi connectivity index (χ1) is 10.2. The Bertz CT molecular complexity index is 599. The van der Waals surface area contributed by atoms with Crippen LogP contribution in [0.3, 0.4) is 0 Å². The number of carbonyl (C=O) groups excluding carboxylic acids is 1. The molecule has 2 aromatic rings. The van der Waals surface area contributed by atoms with Gasteiger partial charge in [0, 0.05) is 24.1 Å². The van der Waals surface area contributed by atoms with Gasteiger partial charge in [0.2, 0.25) is 5.91 Å². The van der Waals surface area contributed by atoms with Gasteiger partial charge < -0.3 is 10.6 Å². The van der Waals surface area contributed by atoms with E-state index in [4.69, 9.17) is 0 Å². The number of aromatic nitrogens is 1. The summed E-state index contributed by atoms with van der Waals surface area (Å²) in [5, 5.41) is 6.98. The fourth-order valence-electron chi connectivity index (χ4n) is 1.75. The van der Waals surface area contributed by atoms with Gasteiger partial charge in [-0.05, 0) is 42.8 Å². The van der Waals surface area contributed by atoms with Crippen molar-refractivity contribution in [3.8, 4) is 0 Å². The van der Waals surface area contributed by atoms with Gasteiger partial charge >= 0.3 is 0 Å². The molecule has 1 amide bonds. The van der Waals surface area contributed by atoms with E-state index < -0.39 is 0 Å². The molecule has 0 radical (unpaired) electrons. The highest BCUT2D eigenvalue weighted by Crippen LogP contribution is 2.27. The first kappa shape index (κ1) is 15.4. The van der Waals surface area contributed by atoms with Gasteiger partial charge in [-0.3, -0.25) is 4.79 Å². The van der Waals surface area contributed by atoms with Crippen molar-refractivity contribution in [3.05, 3.63) is 42.5 Å². The van der Waals surface area contributed by atoms with Gasteiger partial charge in [0.25, 0.3) is 0 Å². The summed E-state index contributed by atoms with van der Waals surface area (Å²) in [4.78, 5) is 16.6. The van der Waals surface area contributed by atoms with E-state index in [1.165, 1.54) is 6.92 Å². The molecule has 0 aliphatic heterocycles. The Labute approximate surface area is 129 Å². The second kappa shape index (κ2) is 7.69. The third kappa shape index (κ3) is 5.11. The predicted octanol–water partition coefficient (Wildman–Crippen LogP) is 4.01. The molecule has 1 heterocycles. The molecule has 0 atom stereocenters. The van der Waals surface area contributed by atoms with Crippen molar-refractivity contribution in [1.29, 1.82) is 0 Å². The second-order valence-corrected chi connectivity index (χ2v) is 5.69. The molecule has 0 aliphatic rings. The molecule has 110 valence electrons. The van der Waals surface area contributed by atoms with Crippen molar-refractivity contribution in [3.63, 3.8) is 0 Å². The zero-order chi connectivity index (χ0) is 15.1. The maximum Gasteiger partial charge on any atom is 0.221 e. The fraction of sp³-hybridized carbons (Fsp3) is 0.250. The van der Waals surface area contributed by atoms with Gasteiger partial charge in [0.05, 0.1) is 0 Å². The lowest BCUT2D eigenvalue weighted by atomic mass is 10.3. The molecule has 0 aliphatic carbocycles. The third-order valence-electron chi connectivity index (χ3n) is 2.68. The highest BCUT2D eigenvalue weighted by atomic mass is 32.2. The molecular weight excluding hydrogens is 282 g/mol. The van der Waals surface area contributed by atoms with Crippen LogP contribution in [0, 0.1) is 0 Å². The van der Waals surface area contributed by atoms with E-state index in [9.17, 15) is 4.79 Å². The maximum absolute atomic E-state index is 11.0. The lowest BCUT2D eigenvalue weighted by Gasteiger charge is -2.07. The van der Waals surface area contributed by atoms with Crippen molar-refractivity contribution >= 4 is 29.2 Å². The van der Waals surface area contributed by atoms with Crippen LogP contribution in [-0.4, -0.2) is 17.4 Å². The van der Waals surface area contributed by atoms with Crippen LogP contribution in [0.5, 0.6) is 0 Å². The van der Waals surface area contributed by atoms with E-state index in [2.05, 4.69) is 22.5 Å². The fourth-order valence-corrected chi connectivity index (χ4v) is 2.56. The minimum absolute atomic E-state index is 0.0632. The molecule has 0 fully saturated rings. The minimum Gasteiger partial charge on any atom is -0.370 e. The van der Waals surface area contributed by atoms with Crippen molar-refractivity contribution in [2.45, 2.75) is 30.2 Å². The number of anilines is 2. The summed E-state index contributed by atoms with van der Waals surface area (Å²) in [5.41, 5.74) is 0.804. The summed E-state index contributed by atoms with van der Waals surface area (Å²) in [6.07, 6.45) is 1.07. The van der Waals surface area contributed by atoms with Crippen LogP contribution in [0.25, 0.3) is 0 Å². The zero-order valence-corrected chi connectivity index (χ0v) is 13.0. The van der Waals surface area contributed by atoms with E-state index in [1.54, 1.807) is 11.8 Å². The van der Waals surface area contributed by atoms with Crippen LogP contribution >= 0.6 is 11.8 Å². The summed E-state index contributed by atoms with van der Waals surface area (Å²) in [5.74, 6) is 0.837. The Morgan fingerprint density at radius 2 is 1.95 bits per heavy atom. The molecule has 4 nitrogen and oxygen atoms in total. The van der Waals surface area contributed by atoms with Gasteiger partial charge in [0.1, 0.15) is 10.8 Å². The van der Waals surface area contributed by atoms with Crippen molar-refractivity contribution < 1.29 is 4.79 Å². The van der Waals surface area contributed by atoms with E-state index in [0.29, 0.717) is 0 Å². The highest BCUT2D eigenvalue weighted by Gasteiger charge is 2.01. The summed E-state index contributed by atoms with van der Waals surface area (Å²) >= 11 is 1.60. The molecule has 1 aromatic carbocycles. The standard InChI is InChI=1S/C16H19N3OS/c1-3-11-17-15-5-4-6-16(19-15)21-14-9-7-13(8-10-14)18-12(2)20/h4-10H,3,11H2,1-2H3,(H,17,19)(H,18,20). The molecule has 1 aromatic heterocycles. The van der Waals surface area contributed by atoms with Crippen molar-refractivity contribution in [2.75, 3.05) is 17.2 Å². The normalized spacial score (nSPS) is 10.2. The topological polar surface area (TPSA) is 54.0 Å². The number of benzene rings is 1. The molecule has 21 heavy (non-hydrogen) atoms. The number of hydrogen-bond acceptors (Lipinski definition) is 4. The van der Waals surface area contributed by atoms with Crippen LogP contribution in [0.2, 0.25) is 0 Å². The largest absolute Gasteiger partial charge is 0.370 e. The van der Waals surface area contributed by atoms with Gasteiger partial charge in [-0.15, -0.1) is 0 Å². The number of amides is 1. The quantitative estimate of drug-likeness (QED) is 0.846.